The van der Waals surface area contributed by atoms with Crippen LogP contribution in [0, 0.1) is 6.92 Å². The molecule has 1 heterocycles. The standard InChI is InChI=1S/C31H28N2O4/c1-22-10-12-24(13-11-22)33-29-21-27(18-19-28(29)32-31(33)23-7-4-3-5-8-23)37-26-16-14-25(15-17-26)36-20-6-9-30(34)35-2/h3-5,7-8,10-19,21H,6,9,20H2,1-2H3. The number of rotatable bonds is 9. The minimum Gasteiger partial charge on any atom is -0.494 e. The SMILES string of the molecule is COC(=O)CCCOc1ccc(Oc2ccc3nc(-c4ccccc4)n(-c4ccc(C)cc4)c3c2)cc1. The van der Waals surface area contributed by atoms with Gasteiger partial charge >= 0.3 is 5.97 Å². The number of hydrogen-bond acceptors (Lipinski definition) is 5. The van der Waals surface area contributed by atoms with E-state index < -0.39 is 0 Å². The molecule has 5 aromatic rings. The van der Waals surface area contributed by atoms with Gasteiger partial charge in [0.15, 0.2) is 0 Å². The van der Waals surface area contributed by atoms with E-state index in [0.29, 0.717) is 30.9 Å². The minimum atomic E-state index is -0.232. The van der Waals surface area contributed by atoms with Gasteiger partial charge < -0.3 is 14.2 Å². The summed E-state index contributed by atoms with van der Waals surface area (Å²) in [6.45, 7) is 2.53. The van der Waals surface area contributed by atoms with Crippen molar-refractivity contribution in [1.29, 1.82) is 0 Å². The van der Waals surface area contributed by atoms with Crippen molar-refractivity contribution < 1.29 is 19.0 Å². The molecule has 0 spiro atoms. The van der Waals surface area contributed by atoms with E-state index >= 15 is 0 Å². The van der Waals surface area contributed by atoms with E-state index in [4.69, 9.17) is 14.5 Å². The number of carbonyl (C=O) groups excluding carboxylic acids is 1. The Kier molecular flexibility index (Phi) is 7.17. The smallest absolute Gasteiger partial charge is 0.305 e. The van der Waals surface area contributed by atoms with Crippen LogP contribution in [0.25, 0.3) is 28.1 Å². The maximum atomic E-state index is 11.2. The number of methoxy groups -OCH3 is 1. The molecule has 0 aliphatic heterocycles. The molecule has 0 radical (unpaired) electrons. The highest BCUT2D eigenvalue weighted by Gasteiger charge is 2.15. The van der Waals surface area contributed by atoms with E-state index in [1.165, 1.54) is 12.7 Å². The van der Waals surface area contributed by atoms with Crippen LogP contribution >= 0.6 is 0 Å². The fraction of sp³-hybridized carbons (Fsp3) is 0.161. The third-order valence-electron chi connectivity index (χ3n) is 6.03. The van der Waals surface area contributed by atoms with Crippen LogP contribution in [0.2, 0.25) is 0 Å². The first-order chi connectivity index (χ1) is 18.1. The van der Waals surface area contributed by atoms with Gasteiger partial charge in [-0.3, -0.25) is 9.36 Å². The molecule has 6 nitrogen and oxygen atoms in total. The zero-order chi connectivity index (χ0) is 25.6. The Bertz CT molecular complexity index is 1490. The number of aromatic nitrogens is 2. The first kappa shape index (κ1) is 24.1. The molecular formula is C31H28N2O4. The fourth-order valence-electron chi connectivity index (χ4n) is 4.10. The van der Waals surface area contributed by atoms with E-state index in [-0.39, 0.29) is 5.97 Å². The Hall–Kier alpha value is -4.58. The number of benzene rings is 4. The van der Waals surface area contributed by atoms with Crippen LogP contribution in [-0.2, 0) is 9.53 Å². The molecule has 0 aliphatic rings. The largest absolute Gasteiger partial charge is 0.494 e. The molecule has 0 saturated carbocycles. The molecule has 6 heteroatoms. The van der Waals surface area contributed by atoms with Gasteiger partial charge in [-0.1, -0.05) is 48.0 Å². The lowest BCUT2D eigenvalue weighted by Crippen LogP contribution is -2.04. The topological polar surface area (TPSA) is 62.6 Å². The molecule has 5 rings (SSSR count). The number of esters is 1. The molecule has 0 aliphatic carbocycles. The second-order valence-electron chi connectivity index (χ2n) is 8.72. The highest BCUT2D eigenvalue weighted by atomic mass is 16.5. The second-order valence-corrected chi connectivity index (χ2v) is 8.72. The number of fused-ring (bicyclic) bond motifs is 1. The van der Waals surface area contributed by atoms with Gasteiger partial charge in [0, 0.05) is 23.7 Å². The summed E-state index contributed by atoms with van der Waals surface area (Å²) in [6, 6.07) is 32.0. The third-order valence-corrected chi connectivity index (χ3v) is 6.03. The van der Waals surface area contributed by atoms with Crippen LogP contribution in [0.1, 0.15) is 18.4 Å². The van der Waals surface area contributed by atoms with E-state index in [1.54, 1.807) is 0 Å². The molecule has 0 fully saturated rings. The predicted octanol–water partition coefficient (Wildman–Crippen LogP) is 7.13. The third kappa shape index (κ3) is 5.64. The van der Waals surface area contributed by atoms with Crippen LogP contribution in [0.5, 0.6) is 17.2 Å². The highest BCUT2D eigenvalue weighted by Crippen LogP contribution is 2.32. The van der Waals surface area contributed by atoms with Crippen molar-refractivity contribution in [3.05, 3.63) is 103 Å². The minimum absolute atomic E-state index is 0.232. The van der Waals surface area contributed by atoms with Gasteiger partial charge in [-0.05, 0) is 61.9 Å². The van der Waals surface area contributed by atoms with Crippen molar-refractivity contribution in [3.63, 3.8) is 0 Å². The van der Waals surface area contributed by atoms with Crippen LogP contribution in [0.15, 0.2) is 97.1 Å². The Balaban J connectivity index is 1.40. The number of hydrogen-bond donors (Lipinski definition) is 0. The van der Waals surface area contributed by atoms with Gasteiger partial charge in [0.2, 0.25) is 0 Å². The van der Waals surface area contributed by atoms with Crippen molar-refractivity contribution in [1.82, 2.24) is 9.55 Å². The molecule has 186 valence electrons. The lowest BCUT2D eigenvalue weighted by atomic mass is 10.2. The zero-order valence-electron chi connectivity index (χ0n) is 20.9. The van der Waals surface area contributed by atoms with Crippen molar-refractivity contribution in [3.8, 4) is 34.3 Å². The maximum Gasteiger partial charge on any atom is 0.305 e. The van der Waals surface area contributed by atoms with Crippen LogP contribution in [0.4, 0.5) is 0 Å². The van der Waals surface area contributed by atoms with Crippen molar-refractivity contribution in [2.75, 3.05) is 13.7 Å². The number of ether oxygens (including phenoxy) is 3. The normalized spacial score (nSPS) is 10.9. The molecule has 0 atom stereocenters. The Labute approximate surface area is 216 Å². The summed E-state index contributed by atoms with van der Waals surface area (Å²) in [5.74, 6) is 2.78. The van der Waals surface area contributed by atoms with Crippen LogP contribution in [-0.4, -0.2) is 29.2 Å². The molecule has 37 heavy (non-hydrogen) atoms. The summed E-state index contributed by atoms with van der Waals surface area (Å²) >= 11 is 0. The fourth-order valence-corrected chi connectivity index (χ4v) is 4.10. The molecule has 1 aromatic heterocycles. The summed E-state index contributed by atoms with van der Waals surface area (Å²) in [5, 5.41) is 0. The van der Waals surface area contributed by atoms with Crippen molar-refractivity contribution >= 4 is 17.0 Å². The molecule has 0 bridgehead atoms. The molecule has 0 unspecified atom stereocenters. The van der Waals surface area contributed by atoms with Gasteiger partial charge in [-0.2, -0.15) is 0 Å². The lowest BCUT2D eigenvalue weighted by molar-refractivity contribution is -0.140. The number of nitrogens with zero attached hydrogens (tertiary/aromatic N) is 2. The van der Waals surface area contributed by atoms with E-state index in [2.05, 4.69) is 52.6 Å². The molecule has 0 N–H and O–H groups in total. The lowest BCUT2D eigenvalue weighted by Gasteiger charge is -2.11. The quantitative estimate of drug-likeness (QED) is 0.162. The molecule has 0 amide bonds. The second kappa shape index (κ2) is 11.0. The Morgan fingerprint density at radius 2 is 1.54 bits per heavy atom. The number of carbonyl (C=O) groups is 1. The van der Waals surface area contributed by atoms with Crippen LogP contribution in [0.3, 0.4) is 0 Å². The van der Waals surface area contributed by atoms with E-state index in [0.717, 1.165) is 33.9 Å². The molecule has 0 saturated heterocycles. The average Bonchev–Trinajstić information content (AvgIpc) is 3.31. The molecule has 4 aromatic carbocycles. The summed E-state index contributed by atoms with van der Waals surface area (Å²) < 4.78 is 18.7. The van der Waals surface area contributed by atoms with Crippen molar-refractivity contribution in [2.45, 2.75) is 19.8 Å². The van der Waals surface area contributed by atoms with Crippen LogP contribution < -0.4 is 9.47 Å². The number of imidazole rings is 1. The monoisotopic (exact) mass is 492 g/mol. The van der Waals surface area contributed by atoms with Crippen molar-refractivity contribution in [2.24, 2.45) is 0 Å². The summed E-state index contributed by atoms with van der Waals surface area (Å²) in [7, 11) is 1.39. The zero-order valence-corrected chi connectivity index (χ0v) is 20.9. The first-order valence-corrected chi connectivity index (χ1v) is 12.2. The summed E-state index contributed by atoms with van der Waals surface area (Å²) in [4.78, 5) is 16.2. The highest BCUT2D eigenvalue weighted by molar-refractivity contribution is 5.84. The van der Waals surface area contributed by atoms with E-state index in [9.17, 15) is 4.79 Å². The van der Waals surface area contributed by atoms with Gasteiger partial charge in [-0.25, -0.2) is 4.98 Å². The predicted molar refractivity (Wildman–Crippen MR) is 145 cm³/mol. The first-order valence-electron chi connectivity index (χ1n) is 12.2. The maximum absolute atomic E-state index is 11.2. The van der Waals surface area contributed by atoms with Gasteiger partial charge in [0.05, 0.1) is 24.8 Å². The average molecular weight is 493 g/mol. The van der Waals surface area contributed by atoms with Gasteiger partial charge in [0.25, 0.3) is 0 Å². The number of aryl methyl sites for hydroxylation is 1. The Morgan fingerprint density at radius 3 is 2.27 bits per heavy atom. The van der Waals surface area contributed by atoms with Gasteiger partial charge in [0.1, 0.15) is 23.1 Å². The summed E-state index contributed by atoms with van der Waals surface area (Å²) in [5.41, 5.74) is 5.14. The summed E-state index contributed by atoms with van der Waals surface area (Å²) in [6.07, 6.45) is 0.940. The van der Waals surface area contributed by atoms with Gasteiger partial charge in [-0.15, -0.1) is 0 Å². The molecular weight excluding hydrogens is 464 g/mol. The Morgan fingerprint density at radius 1 is 0.838 bits per heavy atom. The van der Waals surface area contributed by atoms with E-state index in [1.807, 2.05) is 60.7 Å².